The Morgan fingerprint density at radius 3 is 2.60 bits per heavy atom. The Bertz CT molecular complexity index is 432. The zero-order valence-corrected chi connectivity index (χ0v) is 12.2. The van der Waals surface area contributed by atoms with Crippen LogP contribution >= 0.6 is 0 Å². The highest BCUT2D eigenvalue weighted by Gasteiger charge is 2.15. The predicted octanol–water partition coefficient (Wildman–Crippen LogP) is 4.00. The lowest BCUT2D eigenvalue weighted by Crippen LogP contribution is -2.03. The van der Waals surface area contributed by atoms with Crippen molar-refractivity contribution in [3.63, 3.8) is 0 Å². The van der Waals surface area contributed by atoms with Crippen molar-refractivity contribution >= 4 is 5.69 Å². The molecular weight excluding hydrogens is 258 g/mol. The number of unbranched alkanes of at least 4 members (excludes halogenated alkanes) is 4. The van der Waals surface area contributed by atoms with Gasteiger partial charge in [-0.15, -0.1) is 0 Å². The first-order chi connectivity index (χ1) is 9.56. The van der Waals surface area contributed by atoms with E-state index < -0.39 is 11.0 Å². The maximum Gasteiger partial charge on any atom is 0.270 e. The third-order valence-electron chi connectivity index (χ3n) is 3.16. The van der Waals surface area contributed by atoms with E-state index in [2.05, 4.69) is 6.92 Å². The van der Waals surface area contributed by atoms with Gasteiger partial charge in [0.05, 0.1) is 17.6 Å². The molecule has 0 aromatic heterocycles. The second-order valence-corrected chi connectivity index (χ2v) is 4.92. The summed E-state index contributed by atoms with van der Waals surface area (Å²) in [6, 6.07) is 4.33. The van der Waals surface area contributed by atoms with Gasteiger partial charge in [0, 0.05) is 17.7 Å². The number of ether oxygens (including phenoxy) is 1. The van der Waals surface area contributed by atoms with E-state index in [1.165, 1.54) is 31.4 Å². The summed E-state index contributed by atoms with van der Waals surface area (Å²) in [4.78, 5) is 10.3. The molecule has 0 aliphatic rings. The molecule has 20 heavy (non-hydrogen) atoms. The van der Waals surface area contributed by atoms with Crippen LogP contribution < -0.4 is 4.74 Å². The van der Waals surface area contributed by atoms with Crippen molar-refractivity contribution in [2.45, 2.75) is 52.1 Å². The maximum atomic E-state index is 10.7. The van der Waals surface area contributed by atoms with Crippen molar-refractivity contribution in [2.75, 3.05) is 6.61 Å². The number of non-ortho nitro benzene ring substituents is 1. The van der Waals surface area contributed by atoms with E-state index in [9.17, 15) is 15.2 Å². The summed E-state index contributed by atoms with van der Waals surface area (Å²) in [5.41, 5.74) is 0.434. The van der Waals surface area contributed by atoms with E-state index in [1.807, 2.05) is 0 Å². The summed E-state index contributed by atoms with van der Waals surface area (Å²) in [7, 11) is 0. The standard InChI is InChI=1S/C15H23NO4/c1-3-4-5-6-7-10-20-15-9-8-13(16(18)19)11-14(15)12(2)17/h8-9,11-12,17H,3-7,10H2,1-2H3/t12-/m0/s1. The maximum absolute atomic E-state index is 10.7. The van der Waals surface area contributed by atoms with Gasteiger partial charge >= 0.3 is 0 Å². The highest BCUT2D eigenvalue weighted by atomic mass is 16.6. The molecule has 1 rings (SSSR count). The minimum Gasteiger partial charge on any atom is -0.493 e. The molecule has 0 saturated heterocycles. The van der Waals surface area contributed by atoms with Gasteiger partial charge in [0.25, 0.3) is 5.69 Å². The Kier molecular flexibility index (Phi) is 7.01. The van der Waals surface area contributed by atoms with E-state index in [-0.39, 0.29) is 5.69 Å². The van der Waals surface area contributed by atoms with Crippen LogP contribution in [0.15, 0.2) is 18.2 Å². The number of hydrogen-bond donors (Lipinski definition) is 1. The zero-order chi connectivity index (χ0) is 15.0. The second kappa shape index (κ2) is 8.53. The minimum absolute atomic E-state index is 0.0313. The van der Waals surface area contributed by atoms with E-state index in [1.54, 1.807) is 13.0 Å². The number of nitro groups is 1. The molecule has 112 valence electrons. The van der Waals surface area contributed by atoms with Crippen LogP contribution in [-0.2, 0) is 0 Å². The molecule has 0 unspecified atom stereocenters. The number of aliphatic hydroxyl groups excluding tert-OH is 1. The number of rotatable bonds is 9. The van der Waals surface area contributed by atoms with Gasteiger partial charge in [-0.1, -0.05) is 32.6 Å². The molecule has 1 aromatic carbocycles. The number of aliphatic hydroxyl groups is 1. The van der Waals surface area contributed by atoms with Crippen molar-refractivity contribution in [1.82, 2.24) is 0 Å². The van der Waals surface area contributed by atoms with Gasteiger partial charge in [0.15, 0.2) is 0 Å². The molecule has 1 atom stereocenters. The fourth-order valence-electron chi connectivity index (χ4n) is 2.00. The van der Waals surface area contributed by atoms with Gasteiger partial charge in [0.2, 0.25) is 0 Å². The third-order valence-corrected chi connectivity index (χ3v) is 3.16. The lowest BCUT2D eigenvalue weighted by atomic mass is 10.1. The van der Waals surface area contributed by atoms with Crippen LogP contribution in [-0.4, -0.2) is 16.6 Å². The highest BCUT2D eigenvalue weighted by molar-refractivity contribution is 5.44. The number of hydrogen-bond acceptors (Lipinski definition) is 4. The van der Waals surface area contributed by atoms with Crippen molar-refractivity contribution in [1.29, 1.82) is 0 Å². The van der Waals surface area contributed by atoms with Crippen LogP contribution in [0.3, 0.4) is 0 Å². The highest BCUT2D eigenvalue weighted by Crippen LogP contribution is 2.29. The molecule has 0 radical (unpaired) electrons. The Labute approximate surface area is 119 Å². The van der Waals surface area contributed by atoms with Crippen LogP contribution in [0, 0.1) is 10.1 Å². The van der Waals surface area contributed by atoms with E-state index in [4.69, 9.17) is 4.74 Å². The van der Waals surface area contributed by atoms with Crippen LogP contribution in [0.2, 0.25) is 0 Å². The molecule has 0 aliphatic carbocycles. The van der Waals surface area contributed by atoms with Crippen LogP contribution in [0.1, 0.15) is 57.6 Å². The molecule has 1 N–H and O–H groups in total. The molecule has 0 heterocycles. The largest absolute Gasteiger partial charge is 0.493 e. The van der Waals surface area contributed by atoms with Crippen LogP contribution in [0.5, 0.6) is 5.75 Å². The van der Waals surface area contributed by atoms with Gasteiger partial charge in [0.1, 0.15) is 5.75 Å². The monoisotopic (exact) mass is 281 g/mol. The summed E-state index contributed by atoms with van der Waals surface area (Å²) < 4.78 is 5.63. The summed E-state index contributed by atoms with van der Waals surface area (Å²) in [5, 5.41) is 20.4. The van der Waals surface area contributed by atoms with Crippen LogP contribution in [0.4, 0.5) is 5.69 Å². The van der Waals surface area contributed by atoms with E-state index in [0.717, 1.165) is 12.8 Å². The first-order valence-electron chi connectivity index (χ1n) is 7.15. The molecule has 0 fully saturated rings. The molecule has 0 aliphatic heterocycles. The van der Waals surface area contributed by atoms with Crippen LogP contribution in [0.25, 0.3) is 0 Å². The average molecular weight is 281 g/mol. The van der Waals surface area contributed by atoms with E-state index >= 15 is 0 Å². The van der Waals surface area contributed by atoms with Gasteiger partial charge in [-0.2, -0.15) is 0 Å². The number of nitrogens with zero attached hydrogens (tertiary/aromatic N) is 1. The normalized spacial score (nSPS) is 12.2. The minimum atomic E-state index is -0.787. The lowest BCUT2D eigenvalue weighted by molar-refractivity contribution is -0.385. The van der Waals surface area contributed by atoms with Crippen molar-refractivity contribution in [3.05, 3.63) is 33.9 Å². The predicted molar refractivity (Wildman–Crippen MR) is 78.0 cm³/mol. The number of nitro benzene ring substituents is 1. The Hall–Kier alpha value is -1.62. The molecule has 0 amide bonds. The molecule has 0 bridgehead atoms. The summed E-state index contributed by atoms with van der Waals surface area (Å²) in [5.74, 6) is 0.529. The molecule has 0 saturated carbocycles. The topological polar surface area (TPSA) is 72.6 Å². The summed E-state index contributed by atoms with van der Waals surface area (Å²) in [6.45, 7) is 4.32. The smallest absolute Gasteiger partial charge is 0.270 e. The number of benzene rings is 1. The van der Waals surface area contributed by atoms with Gasteiger partial charge < -0.3 is 9.84 Å². The lowest BCUT2D eigenvalue weighted by Gasteiger charge is -2.13. The molecule has 1 aromatic rings. The molecular formula is C15H23NO4. The summed E-state index contributed by atoms with van der Waals surface area (Å²) >= 11 is 0. The molecule has 5 heteroatoms. The average Bonchev–Trinajstić information content (AvgIpc) is 2.42. The Morgan fingerprint density at radius 2 is 2.00 bits per heavy atom. The van der Waals surface area contributed by atoms with Gasteiger partial charge in [-0.25, -0.2) is 0 Å². The molecule has 0 spiro atoms. The Balaban J connectivity index is 2.58. The zero-order valence-electron chi connectivity index (χ0n) is 12.2. The van der Waals surface area contributed by atoms with Crippen molar-refractivity contribution in [3.8, 4) is 5.75 Å². The summed E-state index contributed by atoms with van der Waals surface area (Å²) in [6.07, 6.45) is 4.92. The third kappa shape index (κ3) is 5.17. The quantitative estimate of drug-likeness (QED) is 0.422. The van der Waals surface area contributed by atoms with Gasteiger partial charge in [-0.3, -0.25) is 10.1 Å². The Morgan fingerprint density at radius 1 is 1.30 bits per heavy atom. The fourth-order valence-corrected chi connectivity index (χ4v) is 2.00. The first kappa shape index (κ1) is 16.4. The fraction of sp³-hybridized carbons (Fsp3) is 0.600. The SMILES string of the molecule is CCCCCCCOc1ccc([N+](=O)[O-])cc1[C@H](C)O. The van der Waals surface area contributed by atoms with Gasteiger partial charge in [-0.05, 0) is 19.4 Å². The van der Waals surface area contributed by atoms with E-state index in [0.29, 0.717) is 17.9 Å². The second-order valence-electron chi connectivity index (χ2n) is 4.92. The van der Waals surface area contributed by atoms with Crippen molar-refractivity contribution in [2.24, 2.45) is 0 Å². The molecule has 5 nitrogen and oxygen atoms in total. The first-order valence-corrected chi connectivity index (χ1v) is 7.15. The van der Waals surface area contributed by atoms with Crippen molar-refractivity contribution < 1.29 is 14.8 Å².